The zero-order valence-electron chi connectivity index (χ0n) is 10.0. The van der Waals surface area contributed by atoms with Crippen LogP contribution in [-0.2, 0) is 0 Å². The number of thiophene rings is 1. The van der Waals surface area contributed by atoms with E-state index in [0.717, 1.165) is 15.3 Å². The fraction of sp³-hybridized carbons (Fsp3) is 0.214. The second-order valence-electron chi connectivity index (χ2n) is 4.31. The summed E-state index contributed by atoms with van der Waals surface area (Å²) in [6, 6.07) is 8.30. The molecular formula is C14H12BrFOS. The van der Waals surface area contributed by atoms with E-state index < -0.39 is 0 Å². The summed E-state index contributed by atoms with van der Waals surface area (Å²) in [5.41, 5.74) is 0.907. The highest BCUT2D eigenvalue weighted by atomic mass is 79.9. The minimum absolute atomic E-state index is 0.00633. The molecule has 0 aliphatic heterocycles. The Kier molecular flexibility index (Phi) is 3.97. The van der Waals surface area contributed by atoms with Gasteiger partial charge in [-0.05, 0) is 30.3 Å². The van der Waals surface area contributed by atoms with Crippen molar-refractivity contribution < 1.29 is 9.18 Å². The largest absolute Gasteiger partial charge is 0.293 e. The maximum Gasteiger partial charge on any atom is 0.175 e. The van der Waals surface area contributed by atoms with E-state index in [2.05, 4.69) is 15.9 Å². The minimum Gasteiger partial charge on any atom is -0.293 e. The predicted octanol–water partition coefficient (Wildman–Crippen LogP) is 5.16. The normalized spacial score (nSPS) is 10.9. The van der Waals surface area contributed by atoms with Gasteiger partial charge in [-0.15, -0.1) is 11.3 Å². The lowest BCUT2D eigenvalue weighted by atomic mass is 10.1. The Morgan fingerprint density at radius 2 is 2.00 bits per heavy atom. The Bertz CT molecular complexity index is 589. The summed E-state index contributed by atoms with van der Waals surface area (Å²) >= 11 is 4.78. The summed E-state index contributed by atoms with van der Waals surface area (Å²) in [4.78, 5) is 13.6. The smallest absolute Gasteiger partial charge is 0.175 e. The summed E-state index contributed by atoms with van der Waals surface area (Å²) in [7, 11) is 0. The van der Waals surface area contributed by atoms with Crippen LogP contribution in [0.25, 0.3) is 10.4 Å². The van der Waals surface area contributed by atoms with E-state index in [1.807, 2.05) is 26.0 Å². The Labute approximate surface area is 118 Å². The Balaban J connectivity index is 2.38. The van der Waals surface area contributed by atoms with Crippen molar-refractivity contribution in [3.05, 3.63) is 45.5 Å². The van der Waals surface area contributed by atoms with Gasteiger partial charge in [-0.3, -0.25) is 4.79 Å². The number of halogens is 2. The summed E-state index contributed by atoms with van der Waals surface area (Å²) in [6.07, 6.45) is 0. The molecule has 1 aromatic carbocycles. The van der Waals surface area contributed by atoms with Gasteiger partial charge in [0.1, 0.15) is 5.82 Å². The highest BCUT2D eigenvalue weighted by Gasteiger charge is 2.14. The van der Waals surface area contributed by atoms with Crippen LogP contribution in [0.1, 0.15) is 23.5 Å². The molecule has 0 aliphatic rings. The molecule has 2 aromatic rings. The maximum absolute atomic E-state index is 13.0. The van der Waals surface area contributed by atoms with Gasteiger partial charge < -0.3 is 0 Å². The molecule has 0 spiro atoms. The lowest BCUT2D eigenvalue weighted by Gasteiger charge is -2.02. The molecule has 0 N–H and O–H groups in total. The van der Waals surface area contributed by atoms with Crippen LogP contribution in [0.3, 0.4) is 0 Å². The van der Waals surface area contributed by atoms with Gasteiger partial charge in [0.2, 0.25) is 0 Å². The molecule has 18 heavy (non-hydrogen) atoms. The number of carbonyl (C=O) groups excluding carboxylic acids is 1. The molecule has 1 heterocycles. The van der Waals surface area contributed by atoms with Crippen molar-refractivity contribution in [1.82, 2.24) is 0 Å². The first kappa shape index (κ1) is 13.4. The first-order valence-corrected chi connectivity index (χ1v) is 7.19. The third kappa shape index (κ3) is 2.70. The fourth-order valence-electron chi connectivity index (χ4n) is 1.59. The lowest BCUT2D eigenvalue weighted by molar-refractivity contribution is 0.0943. The van der Waals surface area contributed by atoms with E-state index in [1.165, 1.54) is 23.5 Å². The molecule has 0 atom stereocenters. The van der Waals surface area contributed by atoms with Crippen LogP contribution in [0, 0.1) is 11.7 Å². The van der Waals surface area contributed by atoms with Gasteiger partial charge in [-0.25, -0.2) is 4.39 Å². The number of rotatable bonds is 3. The van der Waals surface area contributed by atoms with Crippen LogP contribution in [0.15, 0.2) is 34.8 Å². The number of benzene rings is 1. The second-order valence-corrected chi connectivity index (χ2v) is 6.25. The van der Waals surface area contributed by atoms with Crippen LogP contribution in [0.4, 0.5) is 4.39 Å². The highest BCUT2D eigenvalue weighted by molar-refractivity contribution is 9.10. The predicted molar refractivity (Wildman–Crippen MR) is 76.6 cm³/mol. The molecule has 1 aromatic heterocycles. The van der Waals surface area contributed by atoms with Gasteiger partial charge in [0.05, 0.1) is 4.88 Å². The van der Waals surface area contributed by atoms with E-state index in [0.29, 0.717) is 4.47 Å². The van der Waals surface area contributed by atoms with Crippen molar-refractivity contribution in [2.24, 2.45) is 5.92 Å². The van der Waals surface area contributed by atoms with Crippen molar-refractivity contribution in [3.63, 3.8) is 0 Å². The van der Waals surface area contributed by atoms with Crippen molar-refractivity contribution in [3.8, 4) is 10.4 Å². The molecule has 0 aliphatic carbocycles. The Morgan fingerprint density at radius 3 is 2.61 bits per heavy atom. The molecular weight excluding hydrogens is 315 g/mol. The van der Waals surface area contributed by atoms with Crippen LogP contribution < -0.4 is 0 Å². The molecule has 0 fully saturated rings. The molecule has 0 radical (unpaired) electrons. The number of ketones is 1. The van der Waals surface area contributed by atoms with Gasteiger partial charge in [0.25, 0.3) is 0 Å². The van der Waals surface area contributed by atoms with E-state index >= 15 is 0 Å². The molecule has 0 amide bonds. The second kappa shape index (κ2) is 5.33. The first-order valence-electron chi connectivity index (χ1n) is 5.58. The highest BCUT2D eigenvalue weighted by Crippen LogP contribution is 2.34. The van der Waals surface area contributed by atoms with E-state index in [4.69, 9.17) is 0 Å². The molecule has 0 saturated carbocycles. The Hall–Kier alpha value is -1.00. The number of hydrogen-bond acceptors (Lipinski definition) is 2. The standard InChI is InChI=1S/C14H12BrFOS/c1-8(2)14(17)13-6-5-12(18-13)10-4-3-9(16)7-11(10)15/h3-8H,1-2H3. The summed E-state index contributed by atoms with van der Waals surface area (Å²) in [6.45, 7) is 3.77. The summed E-state index contributed by atoms with van der Waals surface area (Å²) < 4.78 is 13.7. The molecule has 94 valence electrons. The van der Waals surface area contributed by atoms with Gasteiger partial charge in [-0.2, -0.15) is 0 Å². The molecule has 0 unspecified atom stereocenters. The van der Waals surface area contributed by atoms with Crippen LogP contribution >= 0.6 is 27.3 Å². The van der Waals surface area contributed by atoms with Crippen molar-refractivity contribution >= 4 is 33.0 Å². The SMILES string of the molecule is CC(C)C(=O)c1ccc(-c2ccc(F)cc2Br)s1. The lowest BCUT2D eigenvalue weighted by Crippen LogP contribution is -2.04. The number of hydrogen-bond donors (Lipinski definition) is 0. The fourth-order valence-corrected chi connectivity index (χ4v) is 3.42. The van der Waals surface area contributed by atoms with Gasteiger partial charge in [0, 0.05) is 20.8 Å². The molecule has 0 bridgehead atoms. The third-order valence-corrected chi connectivity index (χ3v) is 4.36. The number of Topliss-reactive ketones (excluding diaryl/α,β-unsaturated/α-hetero) is 1. The monoisotopic (exact) mass is 326 g/mol. The maximum atomic E-state index is 13.0. The topological polar surface area (TPSA) is 17.1 Å². The third-order valence-electron chi connectivity index (χ3n) is 2.57. The van der Waals surface area contributed by atoms with Crippen molar-refractivity contribution in [2.45, 2.75) is 13.8 Å². The van der Waals surface area contributed by atoms with Crippen LogP contribution in [0.2, 0.25) is 0 Å². The van der Waals surface area contributed by atoms with Gasteiger partial charge >= 0.3 is 0 Å². The van der Waals surface area contributed by atoms with Gasteiger partial charge in [-0.1, -0.05) is 29.8 Å². The van der Waals surface area contributed by atoms with Crippen molar-refractivity contribution in [2.75, 3.05) is 0 Å². The van der Waals surface area contributed by atoms with E-state index in [1.54, 1.807) is 6.07 Å². The molecule has 1 nitrogen and oxygen atoms in total. The number of carbonyl (C=O) groups is 1. The molecule has 0 saturated heterocycles. The average Bonchev–Trinajstić information content (AvgIpc) is 2.77. The van der Waals surface area contributed by atoms with E-state index in [9.17, 15) is 9.18 Å². The Morgan fingerprint density at radius 1 is 1.28 bits per heavy atom. The molecule has 4 heteroatoms. The van der Waals surface area contributed by atoms with Crippen molar-refractivity contribution in [1.29, 1.82) is 0 Å². The van der Waals surface area contributed by atoms with Crippen LogP contribution in [-0.4, -0.2) is 5.78 Å². The summed E-state index contributed by atoms with van der Waals surface area (Å²) in [5.74, 6) is -0.140. The zero-order chi connectivity index (χ0) is 13.3. The minimum atomic E-state index is -0.277. The zero-order valence-corrected chi connectivity index (χ0v) is 12.4. The van der Waals surface area contributed by atoms with E-state index in [-0.39, 0.29) is 17.5 Å². The van der Waals surface area contributed by atoms with Gasteiger partial charge in [0.15, 0.2) is 5.78 Å². The van der Waals surface area contributed by atoms with Crippen LogP contribution in [0.5, 0.6) is 0 Å². The average molecular weight is 327 g/mol. The quantitative estimate of drug-likeness (QED) is 0.712. The molecule has 2 rings (SSSR count). The summed E-state index contributed by atoms with van der Waals surface area (Å²) in [5, 5.41) is 0. The first-order chi connectivity index (χ1) is 8.49.